The molecule has 0 atom stereocenters. The van der Waals surface area contributed by atoms with E-state index in [1.165, 1.54) is 32.7 Å². The maximum atomic E-state index is 6.01. The Kier molecular flexibility index (Phi) is 9.84. The SMILES string of the molecule is [Ir].[c-]1ccccc1-c1ccccn1.[c-]1oc2ccc(-c3ccc4ccc5ccccc5c4c3)cc2c1-c1nc2ccccc2n1-c1ccc(-c2ccccc2)cc1. The molecule has 0 bridgehead atoms. The number of pyridine rings is 1. The molecule has 8 aromatic carbocycles. The van der Waals surface area contributed by atoms with E-state index in [2.05, 4.69) is 155 Å². The van der Waals surface area contributed by atoms with Gasteiger partial charge in [-0.05, 0) is 85.9 Å². The van der Waals surface area contributed by atoms with Gasteiger partial charge in [0.15, 0.2) is 0 Å². The molecule has 57 heavy (non-hydrogen) atoms. The van der Waals surface area contributed by atoms with Crippen LogP contribution in [0.2, 0.25) is 0 Å². The minimum absolute atomic E-state index is 0. The normalized spacial score (nSPS) is 11.0. The van der Waals surface area contributed by atoms with E-state index in [0.717, 1.165) is 61.5 Å². The minimum Gasteiger partial charge on any atom is -0.557 e. The molecule has 0 saturated carbocycles. The summed E-state index contributed by atoms with van der Waals surface area (Å²) in [6.45, 7) is 0. The number of rotatable bonds is 5. The van der Waals surface area contributed by atoms with E-state index in [1.54, 1.807) is 6.20 Å². The van der Waals surface area contributed by atoms with Gasteiger partial charge in [0.2, 0.25) is 0 Å². The minimum atomic E-state index is 0. The molecule has 3 heterocycles. The smallest absolute Gasteiger partial charge is 0.0774 e. The van der Waals surface area contributed by atoms with Gasteiger partial charge in [-0.1, -0.05) is 144 Å². The molecule has 0 aliphatic heterocycles. The van der Waals surface area contributed by atoms with Gasteiger partial charge in [-0.15, -0.1) is 35.9 Å². The maximum Gasteiger partial charge on any atom is 0.0774 e. The van der Waals surface area contributed by atoms with Crippen molar-refractivity contribution in [1.82, 2.24) is 14.5 Å². The van der Waals surface area contributed by atoms with Gasteiger partial charge in [-0.25, -0.2) is 0 Å². The van der Waals surface area contributed by atoms with Crippen molar-refractivity contribution in [2.45, 2.75) is 0 Å². The van der Waals surface area contributed by atoms with Crippen molar-refractivity contribution in [2.75, 3.05) is 0 Å². The number of furan rings is 1. The van der Waals surface area contributed by atoms with Crippen LogP contribution in [0, 0.1) is 12.3 Å². The number of fused-ring (bicyclic) bond motifs is 5. The van der Waals surface area contributed by atoms with Crippen LogP contribution in [-0.2, 0) is 20.1 Å². The van der Waals surface area contributed by atoms with E-state index in [1.807, 2.05) is 60.7 Å². The summed E-state index contributed by atoms with van der Waals surface area (Å²) in [5.41, 5.74) is 11.3. The zero-order valence-corrected chi connectivity index (χ0v) is 33.0. The van der Waals surface area contributed by atoms with E-state index < -0.39 is 0 Å². The molecule has 273 valence electrons. The molecule has 0 aliphatic rings. The fourth-order valence-corrected chi connectivity index (χ4v) is 7.47. The molecule has 0 saturated heterocycles. The van der Waals surface area contributed by atoms with Crippen LogP contribution < -0.4 is 0 Å². The zero-order chi connectivity index (χ0) is 37.3. The van der Waals surface area contributed by atoms with E-state index in [4.69, 9.17) is 9.40 Å². The number of nitrogens with zero attached hydrogens (tertiary/aromatic N) is 3. The third kappa shape index (κ3) is 6.96. The van der Waals surface area contributed by atoms with Crippen LogP contribution in [0.4, 0.5) is 0 Å². The van der Waals surface area contributed by atoms with Crippen molar-refractivity contribution in [3.05, 3.63) is 213 Å². The Morgan fingerprint density at radius 2 is 1.18 bits per heavy atom. The molecule has 0 N–H and O–H groups in total. The third-order valence-corrected chi connectivity index (χ3v) is 10.3. The van der Waals surface area contributed by atoms with Gasteiger partial charge in [0.1, 0.15) is 0 Å². The summed E-state index contributed by atoms with van der Waals surface area (Å²) >= 11 is 0. The summed E-state index contributed by atoms with van der Waals surface area (Å²) in [6.07, 6.45) is 5.00. The van der Waals surface area contributed by atoms with Crippen molar-refractivity contribution in [1.29, 1.82) is 0 Å². The molecule has 5 heteroatoms. The Bertz CT molecular complexity index is 3080. The molecule has 0 aliphatic carbocycles. The first-order valence-electron chi connectivity index (χ1n) is 18.6. The van der Waals surface area contributed by atoms with Gasteiger partial charge >= 0.3 is 0 Å². The van der Waals surface area contributed by atoms with Crippen molar-refractivity contribution in [3.63, 3.8) is 0 Å². The Balaban J connectivity index is 0.000000279. The monoisotopic (exact) mass is 908 g/mol. The summed E-state index contributed by atoms with van der Waals surface area (Å²) in [4.78, 5) is 9.33. The number of para-hydroxylation sites is 2. The van der Waals surface area contributed by atoms with Gasteiger partial charge < -0.3 is 14.0 Å². The first-order valence-corrected chi connectivity index (χ1v) is 18.6. The number of hydrogen-bond acceptors (Lipinski definition) is 3. The molecule has 0 unspecified atom stereocenters. The maximum absolute atomic E-state index is 6.01. The molecule has 11 rings (SSSR count). The van der Waals surface area contributed by atoms with Crippen molar-refractivity contribution in [3.8, 4) is 50.6 Å². The largest absolute Gasteiger partial charge is 0.557 e. The van der Waals surface area contributed by atoms with E-state index in [0.29, 0.717) is 0 Å². The zero-order valence-electron chi connectivity index (χ0n) is 30.6. The van der Waals surface area contributed by atoms with Crippen LogP contribution in [-0.4, -0.2) is 14.5 Å². The Morgan fingerprint density at radius 1 is 0.509 bits per heavy atom. The number of aromatic nitrogens is 3. The molecule has 0 fully saturated rings. The topological polar surface area (TPSA) is 43.9 Å². The second kappa shape index (κ2) is 15.7. The van der Waals surface area contributed by atoms with Gasteiger partial charge in [0.25, 0.3) is 0 Å². The van der Waals surface area contributed by atoms with Gasteiger partial charge in [0.05, 0.1) is 16.9 Å². The van der Waals surface area contributed by atoms with Gasteiger partial charge in [0, 0.05) is 43.8 Å². The predicted molar refractivity (Wildman–Crippen MR) is 230 cm³/mol. The predicted octanol–water partition coefficient (Wildman–Crippen LogP) is 13.4. The molecular formula is C52H33IrN3O-2. The standard InChI is InChI=1S/C41H25N2O.C11H8N.Ir/c1-2-8-27(9-3-1)28-18-21-33(22-19-28)43-39-13-7-6-12-38(39)42-41(43)37-26-44-40-23-20-32(25-36(37)40)31-17-16-30-15-14-29-10-4-5-11-34(29)35(30)24-31;1-2-6-10(7-3-1)11-8-4-5-9-12-11;/h1-25H;1-6,8-9H;/q2*-1;. The van der Waals surface area contributed by atoms with Crippen LogP contribution in [0.25, 0.3) is 94.1 Å². The molecule has 0 amide bonds. The second-order valence-corrected chi connectivity index (χ2v) is 13.7. The summed E-state index contributed by atoms with van der Waals surface area (Å²) < 4.78 is 8.22. The van der Waals surface area contributed by atoms with Gasteiger partial charge in [-0.3, -0.25) is 4.98 Å². The molecular weight excluding hydrogens is 875 g/mol. The molecule has 1 radical (unpaired) electrons. The van der Waals surface area contributed by atoms with Gasteiger partial charge in [-0.2, -0.15) is 0 Å². The third-order valence-electron chi connectivity index (χ3n) is 10.3. The Labute approximate surface area is 344 Å². The molecule has 3 aromatic heterocycles. The number of imidazole rings is 1. The Morgan fingerprint density at radius 3 is 1.98 bits per heavy atom. The van der Waals surface area contributed by atoms with Crippen LogP contribution in [0.3, 0.4) is 0 Å². The van der Waals surface area contributed by atoms with E-state index in [-0.39, 0.29) is 20.1 Å². The second-order valence-electron chi connectivity index (χ2n) is 13.7. The number of benzene rings is 8. The van der Waals surface area contributed by atoms with E-state index in [9.17, 15) is 0 Å². The summed E-state index contributed by atoms with van der Waals surface area (Å²) in [6, 6.07) is 70.2. The van der Waals surface area contributed by atoms with Crippen molar-refractivity contribution >= 4 is 43.5 Å². The fraction of sp³-hybridized carbons (Fsp3) is 0. The number of hydrogen-bond donors (Lipinski definition) is 0. The summed E-state index contributed by atoms with van der Waals surface area (Å²) in [5.74, 6) is 0.805. The Hall–Kier alpha value is -6.91. The van der Waals surface area contributed by atoms with Crippen LogP contribution >= 0.6 is 0 Å². The summed E-state index contributed by atoms with van der Waals surface area (Å²) in [7, 11) is 0. The molecule has 11 aromatic rings. The van der Waals surface area contributed by atoms with Crippen molar-refractivity contribution < 1.29 is 24.5 Å². The van der Waals surface area contributed by atoms with Crippen molar-refractivity contribution in [2.24, 2.45) is 0 Å². The van der Waals surface area contributed by atoms with Crippen LogP contribution in [0.15, 0.2) is 205 Å². The average molecular weight is 908 g/mol. The first-order chi connectivity index (χ1) is 27.8. The molecule has 4 nitrogen and oxygen atoms in total. The first kappa shape index (κ1) is 35.8. The van der Waals surface area contributed by atoms with Crippen LogP contribution in [0.5, 0.6) is 0 Å². The van der Waals surface area contributed by atoms with Crippen LogP contribution in [0.1, 0.15) is 0 Å². The average Bonchev–Trinajstić information content (AvgIpc) is 3.89. The van der Waals surface area contributed by atoms with E-state index >= 15 is 0 Å². The summed E-state index contributed by atoms with van der Waals surface area (Å²) in [5, 5.41) is 5.98. The fourth-order valence-electron chi connectivity index (χ4n) is 7.47. The quantitative estimate of drug-likeness (QED) is 0.128. The molecule has 0 spiro atoms.